The Hall–Kier alpha value is -0.760. The van der Waals surface area contributed by atoms with Gasteiger partial charge in [-0.15, -0.1) is 17.1 Å². The van der Waals surface area contributed by atoms with E-state index in [1.54, 1.807) is 23.1 Å². The molecule has 0 atom stereocenters. The van der Waals surface area contributed by atoms with E-state index in [2.05, 4.69) is 24.6 Å². The van der Waals surface area contributed by atoms with Crippen LogP contribution in [-0.4, -0.2) is 11.2 Å². The first kappa shape index (κ1) is 16.2. The normalized spacial score (nSPS) is 10.6. The van der Waals surface area contributed by atoms with E-state index in [1.807, 2.05) is 44.4 Å². The molecule has 1 heterocycles. The average Bonchev–Trinajstić information content (AvgIpc) is 2.63. The van der Waals surface area contributed by atoms with Crippen molar-refractivity contribution in [3.8, 4) is 0 Å². The van der Waals surface area contributed by atoms with E-state index in [-0.39, 0.29) is 0 Å². The summed E-state index contributed by atoms with van der Waals surface area (Å²) in [7, 11) is 0. The summed E-state index contributed by atoms with van der Waals surface area (Å²) in [5.41, 5.74) is 3.02. The summed E-state index contributed by atoms with van der Waals surface area (Å²) in [5, 5.41) is 1.06. The largest absolute Gasteiger partial charge is 0.230 e. The number of thiazole rings is 1. The Morgan fingerprint density at radius 3 is 2.41 bits per heavy atom. The van der Waals surface area contributed by atoms with E-state index in [0.29, 0.717) is 0 Å². The van der Waals surface area contributed by atoms with Crippen molar-refractivity contribution in [2.45, 2.75) is 38.5 Å². The zero-order chi connectivity index (χ0) is 13.1. The second-order valence-corrected chi connectivity index (χ2v) is 5.06. The van der Waals surface area contributed by atoms with Crippen LogP contribution in [0.2, 0.25) is 0 Å². The molecule has 0 N–H and O–H groups in total. The third-order valence-electron chi connectivity index (χ3n) is 1.50. The molecule has 0 fully saturated rings. The molecule has 1 nitrogen and oxygen atoms in total. The molecular weight excluding hydrogens is 246 g/mol. The zero-order valence-corrected chi connectivity index (χ0v) is 12.9. The van der Waals surface area contributed by atoms with Crippen LogP contribution in [0.1, 0.15) is 34.1 Å². The maximum Gasteiger partial charge on any atom is 0.150 e. The maximum absolute atomic E-state index is 4.43. The first-order valence-corrected chi connectivity index (χ1v) is 7.99. The molecule has 0 unspecified atom stereocenters. The van der Waals surface area contributed by atoms with E-state index >= 15 is 0 Å². The predicted octanol–water partition coefficient (Wildman–Crippen LogP) is 3.59. The summed E-state index contributed by atoms with van der Waals surface area (Å²) >= 11 is 3.41. The molecule has 0 aliphatic heterocycles. The van der Waals surface area contributed by atoms with Gasteiger partial charge in [0.25, 0.3) is 0 Å². The van der Waals surface area contributed by atoms with Crippen molar-refractivity contribution < 1.29 is 0 Å². The Labute approximate surface area is 113 Å². The fourth-order valence-electron chi connectivity index (χ4n) is 0.955. The minimum atomic E-state index is 1.06. The Balaban J connectivity index is 0.000000450. The van der Waals surface area contributed by atoms with E-state index in [9.17, 15) is 0 Å². The van der Waals surface area contributed by atoms with Gasteiger partial charge in [-0.1, -0.05) is 45.9 Å². The summed E-state index contributed by atoms with van der Waals surface area (Å²) in [6.45, 7) is 8.25. The van der Waals surface area contributed by atoms with Crippen LogP contribution in [0.4, 0.5) is 0 Å². The molecule has 1 aromatic rings. The molecule has 17 heavy (non-hydrogen) atoms. The van der Waals surface area contributed by atoms with Crippen molar-refractivity contribution >= 4 is 35.3 Å². The SMILES string of the molecule is CC.CCC.CSc1nc2c(s1)=CC=C=CC=2. The lowest BCUT2D eigenvalue weighted by Crippen LogP contribution is -2.19. The lowest BCUT2D eigenvalue weighted by atomic mass is 10.5. The zero-order valence-electron chi connectivity index (χ0n) is 11.3. The first-order valence-electron chi connectivity index (χ1n) is 5.95. The predicted molar refractivity (Wildman–Crippen MR) is 82.0 cm³/mol. The van der Waals surface area contributed by atoms with E-state index < -0.39 is 0 Å². The van der Waals surface area contributed by atoms with Gasteiger partial charge in [-0.05, 0) is 30.6 Å². The van der Waals surface area contributed by atoms with Crippen LogP contribution in [0, 0.1) is 0 Å². The molecule has 3 heteroatoms. The summed E-state index contributed by atoms with van der Waals surface area (Å²) in [4.78, 5) is 4.43. The Kier molecular flexibility index (Phi) is 9.93. The molecule has 0 saturated carbocycles. The lowest BCUT2D eigenvalue weighted by molar-refractivity contribution is 1.09. The molecule has 0 radical (unpaired) electrons. The number of hydrogen-bond acceptors (Lipinski definition) is 3. The van der Waals surface area contributed by atoms with Gasteiger partial charge in [0.05, 0.1) is 9.88 Å². The summed E-state index contributed by atoms with van der Waals surface area (Å²) in [6, 6.07) is 0. The van der Waals surface area contributed by atoms with Gasteiger partial charge >= 0.3 is 0 Å². The van der Waals surface area contributed by atoms with Crippen molar-refractivity contribution in [2.75, 3.05) is 6.26 Å². The minimum Gasteiger partial charge on any atom is -0.230 e. The molecule has 0 aromatic carbocycles. The van der Waals surface area contributed by atoms with E-state index in [0.717, 1.165) is 9.69 Å². The van der Waals surface area contributed by atoms with Crippen LogP contribution in [0.5, 0.6) is 0 Å². The van der Waals surface area contributed by atoms with Crippen LogP contribution < -0.4 is 9.88 Å². The monoisotopic (exact) mass is 267 g/mol. The van der Waals surface area contributed by atoms with Gasteiger partial charge in [0, 0.05) is 0 Å². The number of hydrogen-bond donors (Lipinski definition) is 0. The molecule has 0 spiro atoms. The third kappa shape index (κ3) is 5.92. The molecule has 0 bridgehead atoms. The van der Waals surface area contributed by atoms with E-state index in [4.69, 9.17) is 0 Å². The molecule has 1 aliphatic rings. The van der Waals surface area contributed by atoms with E-state index in [1.165, 1.54) is 11.0 Å². The highest BCUT2D eigenvalue weighted by Crippen LogP contribution is 2.11. The number of allylic oxidation sites excluding steroid dienone is 1. The summed E-state index contributed by atoms with van der Waals surface area (Å²) < 4.78 is 2.34. The molecule has 0 saturated heterocycles. The highest BCUT2D eigenvalue weighted by Gasteiger charge is 1.96. The summed E-state index contributed by atoms with van der Waals surface area (Å²) in [5.74, 6) is 0. The van der Waals surface area contributed by atoms with Gasteiger partial charge in [-0.25, -0.2) is 4.98 Å². The summed E-state index contributed by atoms with van der Waals surface area (Å²) in [6.07, 6.45) is 11.2. The van der Waals surface area contributed by atoms with Crippen LogP contribution in [0.25, 0.3) is 12.2 Å². The molecule has 1 aliphatic carbocycles. The number of fused-ring (bicyclic) bond motifs is 1. The van der Waals surface area contributed by atoms with Gasteiger partial charge in [0.15, 0.2) is 4.34 Å². The van der Waals surface area contributed by atoms with Gasteiger partial charge in [0.1, 0.15) is 0 Å². The molecule has 2 rings (SSSR count). The number of rotatable bonds is 1. The Morgan fingerprint density at radius 2 is 1.82 bits per heavy atom. The number of thioether (sulfide) groups is 1. The van der Waals surface area contributed by atoms with Crippen molar-refractivity contribution in [3.05, 3.63) is 27.8 Å². The third-order valence-corrected chi connectivity index (χ3v) is 3.53. The number of nitrogens with zero attached hydrogens (tertiary/aromatic N) is 1. The van der Waals surface area contributed by atoms with Crippen LogP contribution in [-0.2, 0) is 0 Å². The van der Waals surface area contributed by atoms with Crippen LogP contribution >= 0.6 is 23.1 Å². The van der Waals surface area contributed by atoms with Crippen molar-refractivity contribution in [2.24, 2.45) is 0 Å². The highest BCUT2D eigenvalue weighted by atomic mass is 32.2. The standard InChI is InChI=1S/C9H7NS2.C3H8.C2H6/c1-11-9-10-7-5-3-2-4-6-8(7)12-9;1-3-2;1-2/h3-6H,1H3;3H2,1-2H3;1-2H3. The van der Waals surface area contributed by atoms with Crippen LogP contribution in [0.3, 0.4) is 0 Å². The quantitative estimate of drug-likeness (QED) is 0.570. The Bertz CT molecular complexity index is 439. The van der Waals surface area contributed by atoms with Gasteiger partial charge in [-0.2, -0.15) is 0 Å². The van der Waals surface area contributed by atoms with Gasteiger partial charge in [0.2, 0.25) is 0 Å². The topological polar surface area (TPSA) is 12.9 Å². The first-order chi connectivity index (χ1) is 8.31. The molecular formula is C14H21NS2. The van der Waals surface area contributed by atoms with Crippen molar-refractivity contribution in [3.63, 3.8) is 0 Å². The van der Waals surface area contributed by atoms with Crippen molar-refractivity contribution in [1.29, 1.82) is 0 Å². The average molecular weight is 267 g/mol. The fourth-order valence-corrected chi connectivity index (χ4v) is 2.43. The number of aromatic nitrogens is 1. The van der Waals surface area contributed by atoms with Crippen molar-refractivity contribution in [1.82, 2.24) is 4.98 Å². The lowest BCUT2D eigenvalue weighted by Gasteiger charge is -1.78. The second kappa shape index (κ2) is 10.4. The van der Waals surface area contributed by atoms with Crippen LogP contribution in [0.15, 0.2) is 22.2 Å². The Morgan fingerprint density at radius 1 is 1.24 bits per heavy atom. The van der Waals surface area contributed by atoms with Gasteiger partial charge < -0.3 is 0 Å². The highest BCUT2D eigenvalue weighted by molar-refractivity contribution is 8.00. The fraction of sp³-hybridized carbons (Fsp3) is 0.429. The molecule has 94 valence electrons. The molecule has 0 amide bonds. The maximum atomic E-state index is 4.43. The smallest absolute Gasteiger partial charge is 0.150 e. The molecule has 1 aromatic heterocycles. The van der Waals surface area contributed by atoms with Gasteiger partial charge in [-0.3, -0.25) is 0 Å². The minimum absolute atomic E-state index is 1.06. The second-order valence-electron chi connectivity index (χ2n) is 2.97.